The maximum absolute atomic E-state index is 12.1. The number of carbonyl (C=O) groups is 1. The number of anilines is 1. The number of nitrogens with two attached hydrogens (primary N) is 1. The van der Waals surface area contributed by atoms with Crippen molar-refractivity contribution in [2.75, 3.05) is 18.9 Å². The number of aromatic nitrogens is 1. The summed E-state index contributed by atoms with van der Waals surface area (Å²) in [5, 5.41) is 2.64. The third-order valence-corrected chi connectivity index (χ3v) is 4.71. The molecule has 2 aromatic carbocycles. The predicted octanol–water partition coefficient (Wildman–Crippen LogP) is 3.55. The molecule has 28 heavy (non-hydrogen) atoms. The molecular weight excluding hydrogens is 350 g/mol. The van der Waals surface area contributed by atoms with Crippen LogP contribution < -0.4 is 11.1 Å². The van der Waals surface area contributed by atoms with Crippen molar-refractivity contribution in [3.63, 3.8) is 0 Å². The monoisotopic (exact) mass is 369 g/mol. The molecule has 1 heterocycles. The van der Waals surface area contributed by atoms with Crippen molar-refractivity contribution in [1.29, 1.82) is 0 Å². The molecule has 4 rings (SSSR count). The number of ether oxygens (including phenoxy) is 1. The lowest BCUT2D eigenvalue weighted by Gasteiger charge is -2.14. The van der Waals surface area contributed by atoms with Crippen LogP contribution in [0.1, 0.15) is 22.7 Å². The summed E-state index contributed by atoms with van der Waals surface area (Å²) in [6.07, 6.45) is 1.13. The normalized spacial score (nSPS) is 11.7. The molecule has 0 spiro atoms. The number of fused-ring (bicyclic) bond motifs is 3. The van der Waals surface area contributed by atoms with Crippen LogP contribution in [-0.2, 0) is 4.74 Å². The molecular formula is C23H19N3O2. The fourth-order valence-electron chi connectivity index (χ4n) is 3.42. The van der Waals surface area contributed by atoms with Gasteiger partial charge in [-0.3, -0.25) is 0 Å². The van der Waals surface area contributed by atoms with Crippen molar-refractivity contribution in [3.8, 4) is 23.0 Å². The molecule has 0 radical (unpaired) electrons. The zero-order valence-corrected chi connectivity index (χ0v) is 15.2. The Hall–Kier alpha value is -3.78. The number of nitrogens with zero attached hydrogens (tertiary/aromatic N) is 1. The average molecular weight is 369 g/mol. The molecule has 0 unspecified atom stereocenters. The van der Waals surface area contributed by atoms with E-state index in [1.807, 2.05) is 24.3 Å². The molecule has 1 aliphatic rings. The number of amides is 1. The van der Waals surface area contributed by atoms with E-state index in [2.05, 4.69) is 46.4 Å². The summed E-state index contributed by atoms with van der Waals surface area (Å²) in [4.78, 5) is 16.1. The molecule has 0 saturated carbocycles. The Morgan fingerprint density at radius 3 is 2.39 bits per heavy atom. The van der Waals surface area contributed by atoms with E-state index in [4.69, 9.17) is 10.5 Å². The number of alkyl carbamates (subject to hydrolysis) is 1. The Balaban J connectivity index is 1.36. The van der Waals surface area contributed by atoms with Gasteiger partial charge in [0, 0.05) is 12.1 Å². The van der Waals surface area contributed by atoms with Gasteiger partial charge in [-0.1, -0.05) is 54.5 Å². The van der Waals surface area contributed by atoms with Crippen LogP contribution in [0, 0.1) is 11.8 Å². The summed E-state index contributed by atoms with van der Waals surface area (Å²) >= 11 is 0. The zero-order valence-electron chi connectivity index (χ0n) is 15.2. The van der Waals surface area contributed by atoms with Gasteiger partial charge in [0.1, 0.15) is 12.3 Å². The van der Waals surface area contributed by atoms with Gasteiger partial charge in [0.25, 0.3) is 0 Å². The number of rotatable bonds is 3. The highest BCUT2D eigenvalue weighted by atomic mass is 16.5. The van der Waals surface area contributed by atoms with Crippen LogP contribution in [0.15, 0.2) is 66.9 Å². The molecule has 1 amide bonds. The maximum atomic E-state index is 12.1. The van der Waals surface area contributed by atoms with Crippen LogP contribution in [0.5, 0.6) is 0 Å². The minimum atomic E-state index is -0.495. The van der Waals surface area contributed by atoms with E-state index < -0.39 is 6.09 Å². The quantitative estimate of drug-likeness (QED) is 0.692. The van der Waals surface area contributed by atoms with E-state index in [-0.39, 0.29) is 19.1 Å². The standard InChI is InChI=1S/C23H19N3O2/c24-21-11-5-13-25-22(21)12-6-14-26-23(27)28-15-20-18-9-3-1-7-16(18)17-8-2-4-10-19(17)20/h1-5,7-11,13,20H,14-15,24H2,(H,26,27). The molecule has 0 saturated heterocycles. The Morgan fingerprint density at radius 2 is 1.71 bits per heavy atom. The minimum absolute atomic E-state index is 0.0394. The first-order chi connectivity index (χ1) is 13.7. The van der Waals surface area contributed by atoms with Crippen molar-refractivity contribution < 1.29 is 9.53 Å². The Kier molecular flexibility index (Phi) is 4.94. The maximum Gasteiger partial charge on any atom is 0.407 e. The summed E-state index contributed by atoms with van der Waals surface area (Å²) < 4.78 is 5.46. The second-order valence-electron chi connectivity index (χ2n) is 6.42. The highest BCUT2D eigenvalue weighted by Gasteiger charge is 2.28. The summed E-state index contributed by atoms with van der Waals surface area (Å²) in [7, 11) is 0. The van der Waals surface area contributed by atoms with E-state index in [0.717, 1.165) is 0 Å². The van der Waals surface area contributed by atoms with E-state index in [1.54, 1.807) is 18.3 Å². The number of carbonyl (C=O) groups excluding carboxylic acids is 1. The Morgan fingerprint density at radius 1 is 1.04 bits per heavy atom. The van der Waals surface area contributed by atoms with Crippen molar-refractivity contribution in [2.45, 2.75) is 5.92 Å². The van der Waals surface area contributed by atoms with Crippen LogP contribution in [0.25, 0.3) is 11.1 Å². The summed E-state index contributed by atoms with van der Waals surface area (Å²) in [5.74, 6) is 5.70. The van der Waals surface area contributed by atoms with Crippen LogP contribution >= 0.6 is 0 Å². The molecule has 3 N–H and O–H groups in total. The number of nitrogens with one attached hydrogen (secondary N) is 1. The van der Waals surface area contributed by atoms with Crippen LogP contribution in [0.3, 0.4) is 0 Å². The summed E-state index contributed by atoms with van der Waals surface area (Å²) in [6, 6.07) is 19.9. The van der Waals surface area contributed by atoms with Crippen molar-refractivity contribution in [1.82, 2.24) is 10.3 Å². The molecule has 0 bridgehead atoms. The van der Waals surface area contributed by atoms with Crippen molar-refractivity contribution >= 4 is 11.8 Å². The van der Waals surface area contributed by atoms with Crippen LogP contribution in [-0.4, -0.2) is 24.2 Å². The number of nitrogen functional groups attached to an aromatic ring is 1. The summed E-state index contributed by atoms with van der Waals surface area (Å²) in [5.41, 5.74) is 11.6. The zero-order chi connectivity index (χ0) is 19.3. The topological polar surface area (TPSA) is 77.2 Å². The van der Waals surface area contributed by atoms with Gasteiger partial charge in [-0.2, -0.15) is 0 Å². The van der Waals surface area contributed by atoms with Gasteiger partial charge >= 0.3 is 6.09 Å². The highest BCUT2D eigenvalue weighted by Crippen LogP contribution is 2.44. The van der Waals surface area contributed by atoms with Crippen molar-refractivity contribution in [2.24, 2.45) is 0 Å². The molecule has 3 aromatic rings. The third-order valence-electron chi connectivity index (χ3n) is 4.71. The van der Waals surface area contributed by atoms with E-state index in [1.165, 1.54) is 22.3 Å². The molecule has 1 aliphatic carbocycles. The Labute approximate surface area is 163 Å². The number of hydrogen-bond acceptors (Lipinski definition) is 4. The third kappa shape index (κ3) is 3.53. The van der Waals surface area contributed by atoms with E-state index in [0.29, 0.717) is 11.4 Å². The average Bonchev–Trinajstić information content (AvgIpc) is 3.05. The number of hydrogen-bond donors (Lipinski definition) is 2. The van der Waals surface area contributed by atoms with Gasteiger partial charge in [0.2, 0.25) is 0 Å². The van der Waals surface area contributed by atoms with Gasteiger partial charge in [-0.25, -0.2) is 9.78 Å². The fraction of sp³-hybridized carbons (Fsp3) is 0.130. The van der Waals surface area contributed by atoms with Crippen LogP contribution in [0.4, 0.5) is 10.5 Å². The first-order valence-corrected chi connectivity index (χ1v) is 9.02. The molecule has 138 valence electrons. The summed E-state index contributed by atoms with van der Waals surface area (Å²) in [6.45, 7) is 0.438. The fourth-order valence-corrected chi connectivity index (χ4v) is 3.42. The largest absolute Gasteiger partial charge is 0.449 e. The molecule has 0 aliphatic heterocycles. The number of pyridine rings is 1. The lowest BCUT2D eigenvalue weighted by atomic mass is 9.98. The molecule has 1 aromatic heterocycles. The molecule has 0 fully saturated rings. The van der Waals surface area contributed by atoms with Crippen LogP contribution in [0.2, 0.25) is 0 Å². The van der Waals surface area contributed by atoms with Gasteiger partial charge in [-0.05, 0) is 40.3 Å². The molecule has 5 nitrogen and oxygen atoms in total. The lowest BCUT2D eigenvalue weighted by molar-refractivity contribution is 0.144. The molecule has 0 atom stereocenters. The molecule has 5 heteroatoms. The highest BCUT2D eigenvalue weighted by molar-refractivity contribution is 5.79. The second kappa shape index (κ2) is 7.85. The lowest BCUT2D eigenvalue weighted by Crippen LogP contribution is -2.26. The second-order valence-corrected chi connectivity index (χ2v) is 6.42. The van der Waals surface area contributed by atoms with Gasteiger partial charge in [-0.15, -0.1) is 0 Å². The van der Waals surface area contributed by atoms with Gasteiger partial charge in [0.05, 0.1) is 12.2 Å². The van der Waals surface area contributed by atoms with Gasteiger partial charge in [0.15, 0.2) is 0 Å². The first kappa shape index (κ1) is 17.6. The first-order valence-electron chi connectivity index (χ1n) is 9.02. The van der Waals surface area contributed by atoms with E-state index >= 15 is 0 Å². The minimum Gasteiger partial charge on any atom is -0.449 e. The SMILES string of the molecule is Nc1cccnc1C#CCNC(=O)OCC1c2ccccc2-c2ccccc21. The van der Waals surface area contributed by atoms with Crippen molar-refractivity contribution in [3.05, 3.63) is 83.7 Å². The predicted molar refractivity (Wildman–Crippen MR) is 109 cm³/mol. The van der Waals surface area contributed by atoms with E-state index in [9.17, 15) is 4.79 Å². The van der Waals surface area contributed by atoms with Gasteiger partial charge < -0.3 is 15.8 Å². The Bertz CT molecular complexity index is 1040. The smallest absolute Gasteiger partial charge is 0.407 e. The number of benzene rings is 2.